The second-order valence-corrected chi connectivity index (χ2v) is 7.55. The van der Waals surface area contributed by atoms with E-state index < -0.39 is 16.0 Å². The van der Waals surface area contributed by atoms with E-state index in [-0.39, 0.29) is 11.6 Å². The number of hydrogen-bond acceptors (Lipinski definition) is 6. The van der Waals surface area contributed by atoms with Gasteiger partial charge in [-0.1, -0.05) is 36.0 Å². The van der Waals surface area contributed by atoms with Crippen LogP contribution in [0.3, 0.4) is 0 Å². The third kappa shape index (κ3) is 4.71. The van der Waals surface area contributed by atoms with Crippen LogP contribution < -0.4 is 5.32 Å². The summed E-state index contributed by atoms with van der Waals surface area (Å²) in [6.45, 7) is 5.72. The zero-order valence-electron chi connectivity index (χ0n) is 16.0. The maximum absolute atomic E-state index is 14.2. The fourth-order valence-electron chi connectivity index (χ4n) is 2.66. The first-order valence-electron chi connectivity index (χ1n) is 8.91. The molecule has 3 aromatic rings. The smallest absolute Gasteiger partial charge is 0.271 e. The van der Waals surface area contributed by atoms with Gasteiger partial charge in [0.2, 0.25) is 5.91 Å². The van der Waals surface area contributed by atoms with Crippen molar-refractivity contribution in [2.24, 2.45) is 0 Å². The number of amides is 1. The van der Waals surface area contributed by atoms with Crippen molar-refractivity contribution < 1.29 is 14.1 Å². The van der Waals surface area contributed by atoms with Gasteiger partial charge in [0, 0.05) is 24.4 Å². The summed E-state index contributed by atoms with van der Waals surface area (Å²) in [7, 11) is 0. The molecule has 0 aliphatic heterocycles. The summed E-state index contributed by atoms with van der Waals surface area (Å²) in [4.78, 5) is 22.9. The lowest BCUT2D eigenvalue weighted by molar-refractivity contribution is -0.384. The fraction of sp³-hybridized carbons (Fsp3) is 0.150. The van der Waals surface area contributed by atoms with Crippen molar-refractivity contribution >= 4 is 29.0 Å². The molecule has 0 spiro atoms. The Kier molecular flexibility index (Phi) is 6.58. The molecule has 1 heterocycles. The third-order valence-corrected chi connectivity index (χ3v) is 5.20. The van der Waals surface area contributed by atoms with Crippen LogP contribution in [0, 0.1) is 15.9 Å². The van der Waals surface area contributed by atoms with Crippen LogP contribution in [0.25, 0.3) is 11.4 Å². The minimum atomic E-state index is -0.592. The third-order valence-electron chi connectivity index (χ3n) is 4.12. The molecule has 0 bridgehead atoms. The lowest BCUT2D eigenvalue weighted by atomic mass is 10.2. The Morgan fingerprint density at radius 3 is 2.80 bits per heavy atom. The first-order valence-corrected chi connectivity index (χ1v) is 9.79. The number of aromatic nitrogens is 3. The van der Waals surface area contributed by atoms with Gasteiger partial charge < -0.3 is 5.32 Å². The molecule has 154 valence electrons. The molecule has 0 aliphatic rings. The Hall–Kier alpha value is -3.53. The number of carbonyl (C=O) groups is 1. The Bertz CT molecular complexity index is 1100. The number of nitro benzene ring substituents is 1. The van der Waals surface area contributed by atoms with Crippen molar-refractivity contribution in [3.63, 3.8) is 0 Å². The number of halogens is 1. The summed E-state index contributed by atoms with van der Waals surface area (Å²) < 4.78 is 15.9. The van der Waals surface area contributed by atoms with Gasteiger partial charge in [0.25, 0.3) is 5.69 Å². The molecule has 0 aliphatic carbocycles. The van der Waals surface area contributed by atoms with Gasteiger partial charge in [-0.3, -0.25) is 19.5 Å². The highest BCUT2D eigenvalue weighted by atomic mass is 32.2. The quantitative estimate of drug-likeness (QED) is 0.249. The average Bonchev–Trinajstić information content (AvgIpc) is 3.11. The molecular formula is C20H18FN5O3S. The number of rotatable bonds is 8. The molecular weight excluding hydrogens is 409 g/mol. The number of nitro groups is 1. The van der Waals surface area contributed by atoms with Crippen LogP contribution in [0.4, 0.5) is 15.8 Å². The standard InChI is InChI=1S/C20H18FN5O3S/c1-3-11-25-18(16-9-4-5-10-17(16)21)23-24-20(25)30-13(2)19(27)22-14-7-6-8-15(12-14)26(28)29/h3-10,12-13H,1,11H2,2H3,(H,22,27). The van der Waals surface area contributed by atoms with Crippen molar-refractivity contribution in [2.75, 3.05) is 5.32 Å². The van der Waals surface area contributed by atoms with Gasteiger partial charge in [-0.2, -0.15) is 0 Å². The molecule has 0 fully saturated rings. The van der Waals surface area contributed by atoms with Crippen LogP contribution in [0.1, 0.15) is 6.92 Å². The van der Waals surface area contributed by atoms with Crippen LogP contribution in [0.2, 0.25) is 0 Å². The topological polar surface area (TPSA) is 103 Å². The SMILES string of the molecule is C=CCn1c(SC(C)C(=O)Nc2cccc([N+](=O)[O-])c2)nnc1-c1ccccc1F. The predicted octanol–water partition coefficient (Wildman–Crippen LogP) is 4.30. The Morgan fingerprint density at radius 2 is 2.10 bits per heavy atom. The maximum Gasteiger partial charge on any atom is 0.271 e. The summed E-state index contributed by atoms with van der Waals surface area (Å²) in [6, 6.07) is 11.9. The summed E-state index contributed by atoms with van der Waals surface area (Å²) in [5.41, 5.74) is 0.502. The Morgan fingerprint density at radius 1 is 1.33 bits per heavy atom. The molecule has 1 unspecified atom stereocenters. The van der Waals surface area contributed by atoms with E-state index >= 15 is 0 Å². The molecule has 1 N–H and O–H groups in total. The average molecular weight is 427 g/mol. The number of thioether (sulfide) groups is 1. The highest BCUT2D eigenvalue weighted by molar-refractivity contribution is 8.00. The van der Waals surface area contributed by atoms with Crippen molar-refractivity contribution in [2.45, 2.75) is 23.9 Å². The van der Waals surface area contributed by atoms with Gasteiger partial charge in [-0.25, -0.2) is 4.39 Å². The number of nitrogens with zero attached hydrogens (tertiary/aromatic N) is 4. The largest absolute Gasteiger partial charge is 0.325 e. The highest BCUT2D eigenvalue weighted by Crippen LogP contribution is 2.29. The number of carbonyl (C=O) groups excluding carboxylic acids is 1. The Labute approximate surface area is 176 Å². The molecule has 30 heavy (non-hydrogen) atoms. The van der Waals surface area contributed by atoms with Gasteiger partial charge in [-0.15, -0.1) is 16.8 Å². The molecule has 2 aromatic carbocycles. The molecule has 0 saturated heterocycles. The van der Waals surface area contributed by atoms with Crippen LogP contribution in [-0.2, 0) is 11.3 Å². The fourth-order valence-corrected chi connectivity index (χ4v) is 3.52. The summed E-state index contributed by atoms with van der Waals surface area (Å²) in [6.07, 6.45) is 1.63. The maximum atomic E-state index is 14.2. The summed E-state index contributed by atoms with van der Waals surface area (Å²) >= 11 is 1.14. The molecule has 0 radical (unpaired) electrons. The van der Waals surface area contributed by atoms with E-state index in [9.17, 15) is 19.3 Å². The van der Waals surface area contributed by atoms with Crippen molar-refractivity contribution in [3.05, 3.63) is 77.1 Å². The first-order chi connectivity index (χ1) is 14.4. The second kappa shape index (κ2) is 9.31. The van der Waals surface area contributed by atoms with E-state index in [4.69, 9.17) is 0 Å². The van der Waals surface area contributed by atoms with Gasteiger partial charge >= 0.3 is 0 Å². The molecule has 1 aromatic heterocycles. The predicted molar refractivity (Wildman–Crippen MR) is 113 cm³/mol. The minimum Gasteiger partial charge on any atom is -0.325 e. The van der Waals surface area contributed by atoms with Crippen molar-refractivity contribution in [1.29, 1.82) is 0 Å². The van der Waals surface area contributed by atoms with E-state index in [1.54, 1.807) is 41.8 Å². The number of nitrogens with one attached hydrogen (secondary N) is 1. The van der Waals surface area contributed by atoms with Gasteiger partial charge in [0.1, 0.15) is 5.82 Å². The number of benzene rings is 2. The second-order valence-electron chi connectivity index (χ2n) is 6.24. The van der Waals surface area contributed by atoms with Crippen molar-refractivity contribution in [3.8, 4) is 11.4 Å². The number of allylic oxidation sites excluding steroid dienone is 1. The lowest BCUT2D eigenvalue weighted by Crippen LogP contribution is -2.23. The van der Waals surface area contributed by atoms with Crippen LogP contribution in [0.5, 0.6) is 0 Å². The number of non-ortho nitro benzene ring substituents is 1. The van der Waals surface area contributed by atoms with E-state index in [1.807, 2.05) is 0 Å². The molecule has 1 atom stereocenters. The van der Waals surface area contributed by atoms with Crippen LogP contribution in [0.15, 0.2) is 66.3 Å². The highest BCUT2D eigenvalue weighted by Gasteiger charge is 2.22. The zero-order valence-corrected chi connectivity index (χ0v) is 16.8. The van der Waals surface area contributed by atoms with Gasteiger partial charge in [0.05, 0.1) is 15.7 Å². The van der Waals surface area contributed by atoms with E-state index in [0.717, 1.165) is 11.8 Å². The van der Waals surface area contributed by atoms with E-state index in [1.165, 1.54) is 24.3 Å². The van der Waals surface area contributed by atoms with Crippen LogP contribution in [-0.4, -0.2) is 30.8 Å². The number of anilines is 1. The van der Waals surface area contributed by atoms with E-state index in [0.29, 0.717) is 28.8 Å². The molecule has 1 amide bonds. The zero-order chi connectivity index (χ0) is 21.7. The Balaban J connectivity index is 1.79. The molecule has 0 saturated carbocycles. The molecule has 8 nitrogen and oxygen atoms in total. The first kappa shape index (κ1) is 21.2. The monoisotopic (exact) mass is 427 g/mol. The van der Waals surface area contributed by atoms with Crippen LogP contribution >= 0.6 is 11.8 Å². The van der Waals surface area contributed by atoms with Crippen molar-refractivity contribution in [1.82, 2.24) is 14.8 Å². The van der Waals surface area contributed by atoms with Gasteiger partial charge in [0.15, 0.2) is 11.0 Å². The lowest BCUT2D eigenvalue weighted by Gasteiger charge is -2.13. The molecule has 3 rings (SSSR count). The normalized spacial score (nSPS) is 11.7. The molecule has 10 heteroatoms. The number of hydrogen-bond donors (Lipinski definition) is 1. The van der Waals surface area contributed by atoms with Gasteiger partial charge in [-0.05, 0) is 25.1 Å². The van der Waals surface area contributed by atoms with E-state index in [2.05, 4.69) is 22.1 Å². The summed E-state index contributed by atoms with van der Waals surface area (Å²) in [5, 5.41) is 21.6. The minimum absolute atomic E-state index is 0.117. The summed E-state index contributed by atoms with van der Waals surface area (Å²) in [5.74, 6) is -0.453.